The molecule has 5 aromatic carbocycles. The van der Waals surface area contributed by atoms with Gasteiger partial charge in [-0.15, -0.1) is 0 Å². The molecule has 7 aromatic rings. The van der Waals surface area contributed by atoms with E-state index in [1.807, 2.05) is 30.3 Å². The molecule has 2 aliphatic rings. The van der Waals surface area contributed by atoms with Crippen LogP contribution in [0.25, 0.3) is 61.0 Å². The second kappa shape index (κ2) is 7.12. The molecular weight excluding hydrogens is 478 g/mol. The van der Waals surface area contributed by atoms with E-state index in [1.165, 1.54) is 38.5 Å². The van der Waals surface area contributed by atoms with E-state index in [-0.39, 0.29) is 5.41 Å². The fourth-order valence-electron chi connectivity index (χ4n) is 6.91. The minimum atomic E-state index is -0.170. The summed E-state index contributed by atoms with van der Waals surface area (Å²) < 4.78 is 8.55. The first-order valence-corrected chi connectivity index (χ1v) is 13.4. The largest absolute Gasteiger partial charge is 0.456 e. The zero-order chi connectivity index (χ0) is 25.9. The molecule has 184 valence electrons. The summed E-state index contributed by atoms with van der Waals surface area (Å²) >= 11 is 0. The van der Waals surface area contributed by atoms with Crippen LogP contribution in [-0.4, -0.2) is 14.5 Å². The molecule has 2 aromatic heterocycles. The number of aromatic nitrogens is 3. The standard InChI is InChI=1S/C35H23N3O/c1-35(2)25-13-6-3-10-20(25)22-18-19-23-21-11-4-7-15-27(21)38(33(23)31(22)35)34-36-26-14-9-17-29-30(26)32(37-34)24-12-5-8-16-28(24)39-29/h3-19H,1-2H3. The Morgan fingerprint density at radius 2 is 1.41 bits per heavy atom. The molecule has 0 radical (unpaired) electrons. The van der Waals surface area contributed by atoms with Crippen LogP contribution in [0.1, 0.15) is 25.0 Å². The molecule has 0 N–H and O–H groups in total. The lowest BCUT2D eigenvalue weighted by atomic mass is 9.81. The maximum Gasteiger partial charge on any atom is 0.235 e. The highest BCUT2D eigenvalue weighted by Crippen LogP contribution is 2.53. The predicted molar refractivity (Wildman–Crippen MR) is 157 cm³/mol. The van der Waals surface area contributed by atoms with E-state index in [0.717, 1.165) is 39.2 Å². The Morgan fingerprint density at radius 1 is 0.641 bits per heavy atom. The van der Waals surface area contributed by atoms with Crippen molar-refractivity contribution >= 4 is 32.7 Å². The third kappa shape index (κ3) is 2.58. The fraction of sp³-hybridized carbons (Fsp3) is 0.0857. The summed E-state index contributed by atoms with van der Waals surface area (Å²) in [5.41, 5.74) is 10.2. The van der Waals surface area contributed by atoms with Crippen molar-refractivity contribution in [2.75, 3.05) is 0 Å². The third-order valence-corrected chi connectivity index (χ3v) is 8.59. The molecule has 1 aliphatic carbocycles. The van der Waals surface area contributed by atoms with Gasteiger partial charge in [0.15, 0.2) is 0 Å². The molecule has 4 nitrogen and oxygen atoms in total. The van der Waals surface area contributed by atoms with E-state index in [9.17, 15) is 0 Å². The molecule has 39 heavy (non-hydrogen) atoms. The molecule has 0 fully saturated rings. The summed E-state index contributed by atoms with van der Waals surface area (Å²) in [6.45, 7) is 4.67. The van der Waals surface area contributed by atoms with Crippen LogP contribution in [0.2, 0.25) is 0 Å². The quantitative estimate of drug-likeness (QED) is 0.226. The molecule has 0 amide bonds. The van der Waals surface area contributed by atoms with E-state index < -0.39 is 0 Å². The van der Waals surface area contributed by atoms with Crippen LogP contribution in [0.4, 0.5) is 0 Å². The van der Waals surface area contributed by atoms with Gasteiger partial charge in [0.2, 0.25) is 5.95 Å². The SMILES string of the molecule is CC1(C)c2ccccc2-c2ccc3c4ccccc4n(-c4nc5c6c(cccc6n4)Oc4ccccc4-5)c3c21. The number of fused-ring (bicyclic) bond motifs is 9. The Bertz CT molecular complexity index is 2190. The molecule has 0 saturated carbocycles. The van der Waals surface area contributed by atoms with Crippen LogP contribution in [-0.2, 0) is 5.41 Å². The van der Waals surface area contributed by atoms with Gasteiger partial charge < -0.3 is 4.74 Å². The van der Waals surface area contributed by atoms with Crippen molar-refractivity contribution in [1.82, 2.24) is 14.5 Å². The molecule has 1 aliphatic heterocycles. The number of nitrogens with zero attached hydrogens (tertiary/aromatic N) is 3. The molecule has 0 saturated heterocycles. The molecule has 0 spiro atoms. The van der Waals surface area contributed by atoms with Crippen molar-refractivity contribution in [3.63, 3.8) is 0 Å². The second-order valence-corrected chi connectivity index (χ2v) is 11.0. The molecule has 0 bridgehead atoms. The summed E-state index contributed by atoms with van der Waals surface area (Å²) in [6, 6.07) is 36.2. The minimum absolute atomic E-state index is 0.170. The molecule has 9 rings (SSSR count). The highest BCUT2D eigenvalue weighted by atomic mass is 16.5. The average molecular weight is 502 g/mol. The Balaban J connectivity index is 1.46. The number of rotatable bonds is 1. The lowest BCUT2D eigenvalue weighted by Crippen LogP contribution is -2.17. The first kappa shape index (κ1) is 21.0. The van der Waals surface area contributed by atoms with Crippen LogP contribution >= 0.6 is 0 Å². The van der Waals surface area contributed by atoms with Crippen molar-refractivity contribution in [3.8, 4) is 39.8 Å². The fourth-order valence-corrected chi connectivity index (χ4v) is 6.91. The van der Waals surface area contributed by atoms with Crippen molar-refractivity contribution in [2.45, 2.75) is 19.3 Å². The van der Waals surface area contributed by atoms with E-state index in [4.69, 9.17) is 14.7 Å². The van der Waals surface area contributed by atoms with Crippen LogP contribution in [0.3, 0.4) is 0 Å². The van der Waals surface area contributed by atoms with E-state index in [0.29, 0.717) is 5.95 Å². The van der Waals surface area contributed by atoms with E-state index in [1.54, 1.807) is 0 Å². The zero-order valence-corrected chi connectivity index (χ0v) is 21.6. The molecule has 0 unspecified atom stereocenters. The van der Waals surface area contributed by atoms with Gasteiger partial charge in [0, 0.05) is 21.8 Å². The van der Waals surface area contributed by atoms with Gasteiger partial charge in [0.05, 0.1) is 27.6 Å². The normalized spacial score (nSPS) is 14.3. The Kier molecular flexibility index (Phi) is 3.84. The van der Waals surface area contributed by atoms with Gasteiger partial charge in [0.25, 0.3) is 0 Å². The second-order valence-electron chi connectivity index (χ2n) is 11.0. The lowest BCUT2D eigenvalue weighted by Gasteiger charge is -2.24. The van der Waals surface area contributed by atoms with Gasteiger partial charge in [-0.05, 0) is 52.6 Å². The van der Waals surface area contributed by atoms with Gasteiger partial charge >= 0.3 is 0 Å². The number of ether oxygens (including phenoxy) is 1. The first-order chi connectivity index (χ1) is 19.1. The van der Waals surface area contributed by atoms with Crippen LogP contribution in [0, 0.1) is 0 Å². The molecular formula is C35H23N3O. The lowest BCUT2D eigenvalue weighted by molar-refractivity contribution is 0.486. The highest BCUT2D eigenvalue weighted by Gasteiger charge is 2.38. The van der Waals surface area contributed by atoms with Crippen molar-refractivity contribution in [2.24, 2.45) is 0 Å². The monoisotopic (exact) mass is 501 g/mol. The summed E-state index contributed by atoms with van der Waals surface area (Å²) in [7, 11) is 0. The summed E-state index contributed by atoms with van der Waals surface area (Å²) in [5, 5.41) is 3.38. The first-order valence-electron chi connectivity index (χ1n) is 13.4. The van der Waals surface area contributed by atoms with Gasteiger partial charge in [-0.25, -0.2) is 9.97 Å². The summed E-state index contributed by atoms with van der Waals surface area (Å²) in [5.74, 6) is 2.30. The molecule has 0 atom stereocenters. The maximum absolute atomic E-state index is 6.26. The van der Waals surface area contributed by atoms with E-state index in [2.05, 4.69) is 91.2 Å². The number of para-hydroxylation sites is 2. The summed E-state index contributed by atoms with van der Waals surface area (Å²) in [6.07, 6.45) is 0. The summed E-state index contributed by atoms with van der Waals surface area (Å²) in [4.78, 5) is 10.5. The van der Waals surface area contributed by atoms with Crippen molar-refractivity contribution in [3.05, 3.63) is 114 Å². The van der Waals surface area contributed by atoms with Crippen LogP contribution in [0.5, 0.6) is 11.5 Å². The topological polar surface area (TPSA) is 39.9 Å². The molecule has 3 heterocycles. The number of benzene rings is 5. The van der Waals surface area contributed by atoms with Gasteiger partial charge in [-0.2, -0.15) is 0 Å². The Hall–Kier alpha value is -4.96. The Labute approximate surface area is 225 Å². The maximum atomic E-state index is 6.26. The Morgan fingerprint density at radius 3 is 2.33 bits per heavy atom. The van der Waals surface area contributed by atoms with Crippen molar-refractivity contribution < 1.29 is 4.74 Å². The van der Waals surface area contributed by atoms with Gasteiger partial charge in [0.1, 0.15) is 11.5 Å². The number of hydrogen-bond donors (Lipinski definition) is 0. The third-order valence-electron chi connectivity index (χ3n) is 8.59. The smallest absolute Gasteiger partial charge is 0.235 e. The predicted octanol–water partition coefficient (Wildman–Crippen LogP) is 8.81. The zero-order valence-electron chi connectivity index (χ0n) is 21.6. The van der Waals surface area contributed by atoms with Crippen molar-refractivity contribution in [1.29, 1.82) is 0 Å². The molecule has 4 heteroatoms. The average Bonchev–Trinajstić information content (AvgIpc) is 3.42. The van der Waals surface area contributed by atoms with Gasteiger partial charge in [-0.3, -0.25) is 4.57 Å². The van der Waals surface area contributed by atoms with Crippen LogP contribution in [0.15, 0.2) is 103 Å². The number of hydrogen-bond acceptors (Lipinski definition) is 3. The minimum Gasteiger partial charge on any atom is -0.456 e. The van der Waals surface area contributed by atoms with E-state index >= 15 is 0 Å². The van der Waals surface area contributed by atoms with Crippen LogP contribution < -0.4 is 4.74 Å². The highest BCUT2D eigenvalue weighted by molar-refractivity contribution is 6.13. The van der Waals surface area contributed by atoms with Gasteiger partial charge in [-0.1, -0.05) is 86.6 Å².